The fourth-order valence-electron chi connectivity index (χ4n) is 7.09. The van der Waals surface area contributed by atoms with Crippen LogP contribution in [0.4, 0.5) is 28.4 Å². The minimum atomic E-state index is 0.728. The Morgan fingerprint density at radius 2 is 1.09 bits per heavy atom. The summed E-state index contributed by atoms with van der Waals surface area (Å²) in [7, 11) is 0. The first-order chi connectivity index (χ1) is 27.2. The van der Waals surface area contributed by atoms with Crippen LogP contribution < -0.4 is 15.4 Å². The van der Waals surface area contributed by atoms with Gasteiger partial charge in [0.05, 0.1) is 33.8 Å². The van der Waals surface area contributed by atoms with Crippen LogP contribution in [0.15, 0.2) is 199 Å². The van der Waals surface area contributed by atoms with E-state index in [1.165, 1.54) is 10.9 Å². The van der Waals surface area contributed by atoms with Crippen LogP contribution >= 0.6 is 0 Å². The summed E-state index contributed by atoms with van der Waals surface area (Å²) in [5.41, 5.74) is 12.6. The molecule has 5 heteroatoms. The highest BCUT2D eigenvalue weighted by Gasteiger charge is 2.15. The summed E-state index contributed by atoms with van der Waals surface area (Å²) in [6.07, 6.45) is 1.90. The van der Waals surface area contributed by atoms with Crippen LogP contribution in [0.25, 0.3) is 44.1 Å². The standard InChI is InChI=1S/C50H38N4O/c1-35-26-28-38(29-27-35)51-34-54-48-25-11-8-20-44(48)45-31-30-41(33-49(45)54)55-40-19-12-18-39(32-40)52-46-23-9-10-24-47(46)53-50-42(36-14-4-2-5-15-36)21-13-22-43(50)37-16-6-3-7-17-37/h2-34,52-53H,1H3. The average Bonchev–Trinajstić information content (AvgIpc) is 3.54. The number of para-hydroxylation sites is 4. The van der Waals surface area contributed by atoms with Gasteiger partial charge in [-0.3, -0.25) is 4.57 Å². The van der Waals surface area contributed by atoms with Crippen LogP contribution in [0.3, 0.4) is 0 Å². The van der Waals surface area contributed by atoms with Gasteiger partial charge < -0.3 is 15.4 Å². The first kappa shape index (κ1) is 33.5. The molecule has 0 saturated heterocycles. The fourth-order valence-corrected chi connectivity index (χ4v) is 7.09. The molecule has 1 heterocycles. The molecule has 0 spiro atoms. The van der Waals surface area contributed by atoms with Gasteiger partial charge in [-0.05, 0) is 72.6 Å². The molecule has 0 atom stereocenters. The highest BCUT2D eigenvalue weighted by molar-refractivity contribution is 6.11. The molecule has 1 aromatic heterocycles. The lowest BCUT2D eigenvalue weighted by atomic mass is 9.95. The van der Waals surface area contributed by atoms with Gasteiger partial charge in [-0.2, -0.15) is 0 Å². The molecular weight excluding hydrogens is 673 g/mol. The summed E-state index contributed by atoms with van der Waals surface area (Å²) < 4.78 is 8.67. The molecule has 8 aromatic carbocycles. The van der Waals surface area contributed by atoms with Crippen molar-refractivity contribution in [1.29, 1.82) is 0 Å². The average molecular weight is 711 g/mol. The van der Waals surface area contributed by atoms with Gasteiger partial charge in [-0.1, -0.05) is 133 Å². The lowest BCUT2D eigenvalue weighted by Gasteiger charge is -2.20. The van der Waals surface area contributed by atoms with E-state index in [-0.39, 0.29) is 0 Å². The number of anilines is 4. The molecule has 0 aliphatic carbocycles. The molecule has 0 amide bonds. The molecule has 0 radical (unpaired) electrons. The Morgan fingerprint density at radius 3 is 1.82 bits per heavy atom. The molecule has 0 unspecified atom stereocenters. The SMILES string of the molecule is Cc1ccc(N=Cn2c3ccccc3c3ccc(Oc4cccc(Nc5ccccc5Nc5c(-c6ccccc6)cccc5-c5ccccc5)c4)cc32)cc1. The maximum atomic E-state index is 6.53. The molecule has 5 nitrogen and oxygen atoms in total. The van der Waals surface area contributed by atoms with Gasteiger partial charge in [0.25, 0.3) is 0 Å². The third-order valence-corrected chi connectivity index (χ3v) is 9.81. The summed E-state index contributed by atoms with van der Waals surface area (Å²) in [5.74, 6) is 1.47. The van der Waals surface area contributed by atoms with Crippen LogP contribution in [0.1, 0.15) is 5.56 Å². The molecule has 264 valence electrons. The second-order valence-corrected chi connectivity index (χ2v) is 13.5. The second kappa shape index (κ2) is 14.9. The number of nitrogens with zero attached hydrogens (tertiary/aromatic N) is 2. The number of aromatic nitrogens is 1. The summed E-state index contributed by atoms with van der Waals surface area (Å²) in [5, 5.41) is 9.80. The predicted molar refractivity (Wildman–Crippen MR) is 231 cm³/mol. The summed E-state index contributed by atoms with van der Waals surface area (Å²) >= 11 is 0. The maximum Gasteiger partial charge on any atom is 0.129 e. The normalized spacial score (nSPS) is 11.3. The van der Waals surface area contributed by atoms with Gasteiger partial charge in [0.1, 0.15) is 17.8 Å². The lowest BCUT2D eigenvalue weighted by Crippen LogP contribution is -2.00. The van der Waals surface area contributed by atoms with E-state index >= 15 is 0 Å². The number of aliphatic imine (C=N–C) groups is 1. The van der Waals surface area contributed by atoms with Gasteiger partial charge in [0.2, 0.25) is 0 Å². The van der Waals surface area contributed by atoms with Gasteiger partial charge in [-0.15, -0.1) is 0 Å². The van der Waals surface area contributed by atoms with Crippen molar-refractivity contribution in [1.82, 2.24) is 4.57 Å². The Kier molecular flexibility index (Phi) is 9.09. The molecule has 9 rings (SSSR count). The number of nitrogens with one attached hydrogen (secondary N) is 2. The van der Waals surface area contributed by atoms with Crippen molar-refractivity contribution in [3.8, 4) is 33.8 Å². The lowest BCUT2D eigenvalue weighted by molar-refractivity contribution is 0.483. The van der Waals surface area contributed by atoms with Crippen LogP contribution in [-0.4, -0.2) is 10.9 Å². The topological polar surface area (TPSA) is 50.6 Å². The number of hydrogen-bond donors (Lipinski definition) is 2. The monoisotopic (exact) mass is 710 g/mol. The van der Waals surface area contributed by atoms with E-state index in [4.69, 9.17) is 9.73 Å². The Labute approximate surface area is 320 Å². The molecule has 55 heavy (non-hydrogen) atoms. The summed E-state index contributed by atoms with van der Waals surface area (Å²) in [6.45, 7) is 2.08. The van der Waals surface area contributed by atoms with Crippen molar-refractivity contribution in [2.45, 2.75) is 6.92 Å². The number of hydrogen-bond acceptors (Lipinski definition) is 4. The number of aryl methyl sites for hydroxylation is 1. The van der Waals surface area contributed by atoms with Gasteiger partial charge in [-0.25, -0.2) is 4.99 Å². The third-order valence-electron chi connectivity index (χ3n) is 9.81. The zero-order chi connectivity index (χ0) is 37.0. The first-order valence-corrected chi connectivity index (χ1v) is 18.4. The zero-order valence-corrected chi connectivity index (χ0v) is 30.4. The van der Waals surface area contributed by atoms with E-state index in [0.29, 0.717) is 0 Å². The Bertz CT molecular complexity index is 2730. The smallest absolute Gasteiger partial charge is 0.129 e. The van der Waals surface area contributed by atoms with E-state index < -0.39 is 0 Å². The molecule has 0 aliphatic heterocycles. The van der Waals surface area contributed by atoms with E-state index in [2.05, 4.69) is 174 Å². The molecule has 0 bridgehead atoms. The van der Waals surface area contributed by atoms with Crippen molar-refractivity contribution in [2.75, 3.05) is 10.6 Å². The van der Waals surface area contributed by atoms with Crippen molar-refractivity contribution in [3.05, 3.63) is 200 Å². The Morgan fingerprint density at radius 1 is 0.491 bits per heavy atom. The fraction of sp³-hybridized carbons (Fsp3) is 0.0200. The number of fused-ring (bicyclic) bond motifs is 3. The van der Waals surface area contributed by atoms with E-state index in [0.717, 1.165) is 78.6 Å². The molecular formula is C50H38N4O. The second-order valence-electron chi connectivity index (χ2n) is 13.5. The minimum absolute atomic E-state index is 0.728. The van der Waals surface area contributed by atoms with Crippen LogP contribution in [0.2, 0.25) is 0 Å². The molecule has 0 fully saturated rings. The molecule has 2 N–H and O–H groups in total. The quantitative estimate of drug-likeness (QED) is 0.110. The molecule has 0 aliphatic rings. The maximum absolute atomic E-state index is 6.53. The van der Waals surface area contributed by atoms with E-state index in [1.807, 2.05) is 48.8 Å². The van der Waals surface area contributed by atoms with Gasteiger partial charge >= 0.3 is 0 Å². The largest absolute Gasteiger partial charge is 0.457 e. The van der Waals surface area contributed by atoms with Crippen molar-refractivity contribution in [2.24, 2.45) is 4.99 Å². The Balaban J connectivity index is 1.02. The molecule has 0 saturated carbocycles. The summed E-state index contributed by atoms with van der Waals surface area (Å²) in [6, 6.07) is 66.8. The number of ether oxygens (including phenoxy) is 1. The Hall–Kier alpha value is -7.37. The zero-order valence-electron chi connectivity index (χ0n) is 30.4. The van der Waals surface area contributed by atoms with Crippen LogP contribution in [0.5, 0.6) is 11.5 Å². The van der Waals surface area contributed by atoms with Gasteiger partial charge in [0, 0.05) is 39.7 Å². The van der Waals surface area contributed by atoms with Crippen molar-refractivity contribution >= 4 is 56.6 Å². The first-order valence-electron chi connectivity index (χ1n) is 18.4. The van der Waals surface area contributed by atoms with E-state index in [9.17, 15) is 0 Å². The minimum Gasteiger partial charge on any atom is -0.457 e. The van der Waals surface area contributed by atoms with Gasteiger partial charge in [0.15, 0.2) is 0 Å². The summed E-state index contributed by atoms with van der Waals surface area (Å²) in [4.78, 5) is 4.81. The predicted octanol–water partition coefficient (Wildman–Crippen LogP) is 13.9. The van der Waals surface area contributed by atoms with Crippen LogP contribution in [0, 0.1) is 6.92 Å². The highest BCUT2D eigenvalue weighted by atomic mass is 16.5. The molecule has 9 aromatic rings. The highest BCUT2D eigenvalue weighted by Crippen LogP contribution is 2.41. The van der Waals surface area contributed by atoms with Crippen molar-refractivity contribution in [3.63, 3.8) is 0 Å². The van der Waals surface area contributed by atoms with Crippen molar-refractivity contribution < 1.29 is 4.74 Å². The number of benzene rings is 8. The van der Waals surface area contributed by atoms with E-state index in [1.54, 1.807) is 0 Å². The third kappa shape index (κ3) is 7.07. The number of rotatable bonds is 10. The van der Waals surface area contributed by atoms with Crippen LogP contribution in [-0.2, 0) is 0 Å².